The minimum atomic E-state index is -0.379. The van der Waals surface area contributed by atoms with Crippen LogP contribution in [0.15, 0.2) is 40.2 Å². The minimum Gasteiger partial charge on any atom is -0.266 e. The molecule has 0 atom stereocenters. The van der Waals surface area contributed by atoms with Crippen molar-refractivity contribution >= 4 is 23.4 Å². The average molecular weight is 421 g/mol. The lowest BCUT2D eigenvalue weighted by molar-refractivity contribution is 0.336. The zero-order valence-electron chi connectivity index (χ0n) is 17.6. The van der Waals surface area contributed by atoms with Crippen molar-refractivity contribution in [3.8, 4) is 0 Å². The molecule has 0 bridgehead atoms. The zero-order chi connectivity index (χ0) is 20.6. The van der Waals surface area contributed by atoms with Crippen molar-refractivity contribution in [1.82, 2.24) is 9.78 Å². The van der Waals surface area contributed by atoms with E-state index in [1.807, 2.05) is 20.8 Å². The van der Waals surface area contributed by atoms with Gasteiger partial charge >= 0.3 is 0 Å². The number of aromatic nitrogens is 2. The van der Waals surface area contributed by atoms with E-state index in [9.17, 15) is 4.79 Å². The molecule has 0 aliphatic rings. The Morgan fingerprint density at radius 3 is 2.25 bits per heavy atom. The molecule has 2 rings (SSSR count). The second-order valence-corrected chi connectivity index (χ2v) is 9.73. The Kier molecular flexibility index (Phi) is 9.10. The van der Waals surface area contributed by atoms with Crippen LogP contribution in [-0.2, 0) is 17.7 Å². The third-order valence-corrected chi connectivity index (χ3v) is 6.33. The maximum atomic E-state index is 12.4. The van der Waals surface area contributed by atoms with E-state index in [4.69, 9.17) is 11.6 Å². The number of aryl methyl sites for hydroxylation is 1. The summed E-state index contributed by atoms with van der Waals surface area (Å²) < 4.78 is 1.44. The standard InChI is InChI=1S/C23H33ClN2OS/c1-5-6-7-8-9-10-11-18-12-14-19(15-13-18)17-28-20-16-25-26(23(2,3)4)22(27)21(20)24/h12-16H,5-11,17H2,1-4H3. The van der Waals surface area contributed by atoms with Gasteiger partial charge in [0.2, 0.25) is 0 Å². The molecule has 0 N–H and O–H groups in total. The van der Waals surface area contributed by atoms with E-state index in [1.54, 1.807) is 18.0 Å². The smallest absolute Gasteiger partial charge is 0.266 e. The summed E-state index contributed by atoms with van der Waals surface area (Å²) in [5.41, 5.74) is 2.02. The van der Waals surface area contributed by atoms with Crippen LogP contribution in [0.4, 0.5) is 0 Å². The molecule has 0 fully saturated rings. The average Bonchev–Trinajstić information content (AvgIpc) is 2.65. The monoisotopic (exact) mass is 420 g/mol. The van der Waals surface area contributed by atoms with Gasteiger partial charge < -0.3 is 0 Å². The number of unbranched alkanes of at least 4 members (excludes halogenated alkanes) is 5. The molecule has 3 nitrogen and oxygen atoms in total. The van der Waals surface area contributed by atoms with Gasteiger partial charge in [-0.1, -0.05) is 74.9 Å². The van der Waals surface area contributed by atoms with Crippen molar-refractivity contribution in [2.75, 3.05) is 0 Å². The van der Waals surface area contributed by atoms with Gasteiger partial charge in [-0.25, -0.2) is 4.68 Å². The Morgan fingerprint density at radius 2 is 1.61 bits per heavy atom. The first kappa shape index (κ1) is 23.0. The number of nitrogens with zero attached hydrogens (tertiary/aromatic N) is 2. The highest BCUT2D eigenvalue weighted by molar-refractivity contribution is 7.98. The lowest BCUT2D eigenvalue weighted by Crippen LogP contribution is -2.36. The van der Waals surface area contributed by atoms with Crippen LogP contribution < -0.4 is 5.56 Å². The lowest BCUT2D eigenvalue weighted by atomic mass is 10.0. The molecule has 0 amide bonds. The van der Waals surface area contributed by atoms with Gasteiger partial charge in [-0.05, 0) is 44.7 Å². The molecule has 154 valence electrons. The van der Waals surface area contributed by atoms with Crippen LogP contribution in [0.2, 0.25) is 5.02 Å². The largest absolute Gasteiger partial charge is 0.287 e. The molecule has 2 aromatic rings. The van der Waals surface area contributed by atoms with Crippen LogP contribution in [0, 0.1) is 0 Å². The van der Waals surface area contributed by atoms with Gasteiger partial charge in [-0.3, -0.25) is 4.79 Å². The Balaban J connectivity index is 1.86. The first-order valence-corrected chi connectivity index (χ1v) is 11.7. The molecular weight excluding hydrogens is 388 g/mol. The maximum Gasteiger partial charge on any atom is 0.287 e. The van der Waals surface area contributed by atoms with Gasteiger partial charge in [-0.2, -0.15) is 5.10 Å². The van der Waals surface area contributed by atoms with Gasteiger partial charge in [0, 0.05) is 5.75 Å². The van der Waals surface area contributed by atoms with Gasteiger partial charge in [-0.15, -0.1) is 11.8 Å². The van der Waals surface area contributed by atoms with Crippen molar-refractivity contribution in [2.24, 2.45) is 0 Å². The molecule has 0 spiro atoms. The molecule has 0 unspecified atom stereocenters. The van der Waals surface area contributed by atoms with Gasteiger partial charge in [0.05, 0.1) is 16.6 Å². The fourth-order valence-electron chi connectivity index (χ4n) is 3.07. The quantitative estimate of drug-likeness (QED) is 0.311. The predicted molar refractivity (Wildman–Crippen MR) is 122 cm³/mol. The highest BCUT2D eigenvalue weighted by atomic mass is 35.5. The van der Waals surface area contributed by atoms with Crippen LogP contribution in [0.25, 0.3) is 0 Å². The van der Waals surface area contributed by atoms with Crippen molar-refractivity contribution in [2.45, 2.75) is 88.8 Å². The van der Waals surface area contributed by atoms with E-state index in [0.29, 0.717) is 0 Å². The summed E-state index contributed by atoms with van der Waals surface area (Å²) in [7, 11) is 0. The molecular formula is C23H33ClN2OS. The molecule has 0 aliphatic heterocycles. The molecule has 1 heterocycles. The highest BCUT2D eigenvalue weighted by Gasteiger charge is 2.19. The van der Waals surface area contributed by atoms with Crippen LogP contribution in [0.3, 0.4) is 0 Å². The SMILES string of the molecule is CCCCCCCCc1ccc(CSc2cnn(C(C)(C)C)c(=O)c2Cl)cc1. The molecule has 5 heteroatoms. The fourth-order valence-corrected chi connectivity index (χ4v) is 4.21. The number of hydrogen-bond acceptors (Lipinski definition) is 3. The molecule has 0 saturated heterocycles. The minimum absolute atomic E-state index is 0.228. The molecule has 1 aromatic carbocycles. The normalized spacial score (nSPS) is 11.8. The van der Waals surface area contributed by atoms with Crippen molar-refractivity contribution in [3.05, 3.63) is 57.0 Å². The van der Waals surface area contributed by atoms with Crippen molar-refractivity contribution in [3.63, 3.8) is 0 Å². The Hall–Kier alpha value is -1.26. The van der Waals surface area contributed by atoms with E-state index < -0.39 is 0 Å². The Morgan fingerprint density at radius 1 is 1.00 bits per heavy atom. The summed E-state index contributed by atoms with van der Waals surface area (Å²) >= 11 is 7.87. The fraction of sp³-hybridized carbons (Fsp3) is 0.565. The third kappa shape index (κ3) is 6.97. The Bertz CT molecular complexity index is 794. The molecule has 1 aromatic heterocycles. The number of hydrogen-bond donors (Lipinski definition) is 0. The van der Waals surface area contributed by atoms with E-state index >= 15 is 0 Å². The number of halogens is 1. The van der Waals surface area contributed by atoms with Crippen LogP contribution >= 0.6 is 23.4 Å². The van der Waals surface area contributed by atoms with E-state index in [1.165, 1.54) is 54.3 Å². The number of rotatable bonds is 10. The Labute approximate surface area is 178 Å². The van der Waals surface area contributed by atoms with Crippen LogP contribution in [0.5, 0.6) is 0 Å². The van der Waals surface area contributed by atoms with Gasteiger partial charge in [0.15, 0.2) is 0 Å². The molecule has 28 heavy (non-hydrogen) atoms. The van der Waals surface area contributed by atoms with E-state index in [0.717, 1.165) is 17.1 Å². The summed E-state index contributed by atoms with van der Waals surface area (Å²) in [5.74, 6) is 0.775. The molecule has 0 radical (unpaired) electrons. The topological polar surface area (TPSA) is 34.9 Å². The summed E-state index contributed by atoms with van der Waals surface area (Å²) in [6, 6.07) is 8.80. The van der Waals surface area contributed by atoms with E-state index in [2.05, 4.69) is 36.3 Å². The molecule has 0 saturated carbocycles. The second kappa shape index (κ2) is 11.1. The zero-order valence-corrected chi connectivity index (χ0v) is 19.2. The summed E-state index contributed by atoms with van der Waals surface area (Å²) in [6.07, 6.45) is 10.8. The van der Waals surface area contributed by atoms with Crippen LogP contribution in [-0.4, -0.2) is 9.78 Å². The first-order valence-electron chi connectivity index (χ1n) is 10.3. The van der Waals surface area contributed by atoms with E-state index in [-0.39, 0.29) is 16.1 Å². The lowest BCUT2D eigenvalue weighted by Gasteiger charge is -2.21. The maximum absolute atomic E-state index is 12.4. The second-order valence-electron chi connectivity index (χ2n) is 8.33. The predicted octanol–water partition coefficient (Wildman–Crippen LogP) is 6.85. The number of benzene rings is 1. The summed E-state index contributed by atoms with van der Waals surface area (Å²) in [4.78, 5) is 13.2. The third-order valence-electron chi connectivity index (χ3n) is 4.76. The highest BCUT2D eigenvalue weighted by Crippen LogP contribution is 2.27. The van der Waals surface area contributed by atoms with Crippen molar-refractivity contribution in [1.29, 1.82) is 0 Å². The van der Waals surface area contributed by atoms with Gasteiger partial charge in [0.25, 0.3) is 5.56 Å². The van der Waals surface area contributed by atoms with Crippen molar-refractivity contribution < 1.29 is 0 Å². The summed E-state index contributed by atoms with van der Waals surface area (Å²) in [6.45, 7) is 8.08. The molecule has 0 aliphatic carbocycles. The first-order chi connectivity index (χ1) is 13.3. The van der Waals surface area contributed by atoms with Crippen LogP contribution in [0.1, 0.15) is 77.3 Å². The number of thioether (sulfide) groups is 1. The summed E-state index contributed by atoms with van der Waals surface area (Å²) in [5, 5.41) is 4.55. The van der Waals surface area contributed by atoms with Gasteiger partial charge in [0.1, 0.15) is 5.02 Å².